The fourth-order valence-electron chi connectivity index (χ4n) is 3.11. The molecular formula is C14H30N2. The lowest BCUT2D eigenvalue weighted by Gasteiger charge is -2.48. The van der Waals surface area contributed by atoms with Gasteiger partial charge in [-0.2, -0.15) is 0 Å². The Morgan fingerprint density at radius 1 is 1.38 bits per heavy atom. The first-order valence-corrected chi connectivity index (χ1v) is 6.95. The number of nitrogens with zero attached hydrogens (tertiary/aromatic N) is 1. The SMILES string of the molecule is CCC(C)N(CC)C1CCCC(C)(C)C1N. The minimum atomic E-state index is 0.309. The Morgan fingerprint density at radius 3 is 2.50 bits per heavy atom. The topological polar surface area (TPSA) is 29.3 Å². The average Bonchev–Trinajstić information content (AvgIpc) is 2.24. The van der Waals surface area contributed by atoms with Crippen molar-refractivity contribution in [3.63, 3.8) is 0 Å². The molecule has 96 valence electrons. The van der Waals surface area contributed by atoms with E-state index >= 15 is 0 Å². The zero-order valence-corrected chi connectivity index (χ0v) is 11.8. The third-order valence-corrected chi connectivity index (χ3v) is 4.59. The van der Waals surface area contributed by atoms with Crippen LogP contribution >= 0.6 is 0 Å². The van der Waals surface area contributed by atoms with Gasteiger partial charge in [-0.25, -0.2) is 0 Å². The smallest absolute Gasteiger partial charge is 0.0255 e. The summed E-state index contributed by atoms with van der Waals surface area (Å²) in [6.07, 6.45) is 5.11. The monoisotopic (exact) mass is 226 g/mol. The second-order valence-electron chi connectivity index (χ2n) is 6.06. The summed E-state index contributed by atoms with van der Waals surface area (Å²) >= 11 is 0. The van der Waals surface area contributed by atoms with Crippen molar-refractivity contribution < 1.29 is 0 Å². The Kier molecular flexibility index (Phi) is 4.81. The standard InChI is InChI=1S/C14H30N2/c1-6-11(3)16(7-2)12-9-8-10-14(4,5)13(12)15/h11-13H,6-10,15H2,1-5H3. The molecule has 2 N–H and O–H groups in total. The number of nitrogens with two attached hydrogens (primary N) is 1. The number of rotatable bonds is 4. The molecule has 0 spiro atoms. The average molecular weight is 226 g/mol. The molecule has 1 aliphatic rings. The van der Waals surface area contributed by atoms with Gasteiger partial charge in [0.2, 0.25) is 0 Å². The maximum absolute atomic E-state index is 6.48. The van der Waals surface area contributed by atoms with Crippen molar-refractivity contribution in [3.8, 4) is 0 Å². The highest BCUT2D eigenvalue weighted by Crippen LogP contribution is 2.37. The molecule has 1 aliphatic carbocycles. The van der Waals surface area contributed by atoms with Crippen LogP contribution in [-0.4, -0.2) is 29.6 Å². The van der Waals surface area contributed by atoms with E-state index in [9.17, 15) is 0 Å². The van der Waals surface area contributed by atoms with Crippen molar-refractivity contribution in [2.45, 2.75) is 78.4 Å². The van der Waals surface area contributed by atoms with Gasteiger partial charge >= 0.3 is 0 Å². The predicted molar refractivity (Wildman–Crippen MR) is 71.5 cm³/mol. The van der Waals surface area contributed by atoms with Crippen molar-refractivity contribution in [1.82, 2.24) is 4.90 Å². The lowest BCUT2D eigenvalue weighted by atomic mass is 9.70. The molecule has 0 radical (unpaired) electrons. The largest absolute Gasteiger partial charge is 0.326 e. The first-order chi connectivity index (χ1) is 7.44. The van der Waals surface area contributed by atoms with Gasteiger partial charge in [-0.05, 0) is 38.1 Å². The lowest BCUT2D eigenvalue weighted by Crippen LogP contribution is -2.58. The van der Waals surface area contributed by atoms with Crippen LogP contribution in [0.2, 0.25) is 0 Å². The van der Waals surface area contributed by atoms with Crippen LogP contribution in [-0.2, 0) is 0 Å². The van der Waals surface area contributed by atoms with Crippen LogP contribution in [0, 0.1) is 5.41 Å². The van der Waals surface area contributed by atoms with E-state index < -0.39 is 0 Å². The molecule has 1 saturated carbocycles. The Balaban J connectivity index is 2.76. The summed E-state index contributed by atoms with van der Waals surface area (Å²) in [4.78, 5) is 2.62. The Bertz CT molecular complexity index is 213. The first-order valence-electron chi connectivity index (χ1n) is 6.95. The fraction of sp³-hybridized carbons (Fsp3) is 1.00. The molecule has 0 aromatic rings. The third-order valence-electron chi connectivity index (χ3n) is 4.59. The highest BCUT2D eigenvalue weighted by Gasteiger charge is 2.39. The minimum absolute atomic E-state index is 0.309. The number of hydrogen-bond acceptors (Lipinski definition) is 2. The zero-order valence-electron chi connectivity index (χ0n) is 11.8. The summed E-state index contributed by atoms with van der Waals surface area (Å²) in [5, 5.41) is 0. The molecule has 0 saturated heterocycles. The molecule has 1 rings (SSSR count). The van der Waals surface area contributed by atoms with Crippen molar-refractivity contribution in [2.24, 2.45) is 11.1 Å². The molecule has 0 bridgehead atoms. The van der Waals surface area contributed by atoms with E-state index in [0.717, 1.165) is 6.54 Å². The van der Waals surface area contributed by atoms with Gasteiger partial charge in [-0.15, -0.1) is 0 Å². The highest BCUT2D eigenvalue weighted by atomic mass is 15.2. The molecule has 0 aromatic heterocycles. The molecule has 1 fully saturated rings. The summed E-state index contributed by atoms with van der Waals surface area (Å²) in [7, 11) is 0. The minimum Gasteiger partial charge on any atom is -0.326 e. The second-order valence-corrected chi connectivity index (χ2v) is 6.06. The van der Waals surface area contributed by atoms with E-state index in [0.29, 0.717) is 23.5 Å². The van der Waals surface area contributed by atoms with Gasteiger partial charge in [0.15, 0.2) is 0 Å². The van der Waals surface area contributed by atoms with Crippen LogP contribution in [0.3, 0.4) is 0 Å². The normalized spacial score (nSPS) is 31.7. The van der Waals surface area contributed by atoms with Gasteiger partial charge in [-0.3, -0.25) is 4.90 Å². The predicted octanol–water partition coefficient (Wildman–Crippen LogP) is 3.01. The van der Waals surface area contributed by atoms with Crippen LogP contribution < -0.4 is 5.73 Å². The second kappa shape index (κ2) is 5.50. The van der Waals surface area contributed by atoms with E-state index in [4.69, 9.17) is 5.73 Å². The van der Waals surface area contributed by atoms with Gasteiger partial charge in [0.1, 0.15) is 0 Å². The van der Waals surface area contributed by atoms with E-state index in [1.54, 1.807) is 0 Å². The molecule has 0 aromatic carbocycles. The van der Waals surface area contributed by atoms with Crippen LogP contribution in [0.25, 0.3) is 0 Å². The summed E-state index contributed by atoms with van der Waals surface area (Å²) in [5.74, 6) is 0. The molecule has 0 heterocycles. The van der Waals surface area contributed by atoms with E-state index in [2.05, 4.69) is 39.5 Å². The maximum Gasteiger partial charge on any atom is 0.0255 e. The van der Waals surface area contributed by atoms with Gasteiger partial charge in [-0.1, -0.05) is 34.1 Å². The van der Waals surface area contributed by atoms with E-state index in [-0.39, 0.29) is 0 Å². The molecule has 3 unspecified atom stereocenters. The fourth-order valence-corrected chi connectivity index (χ4v) is 3.11. The summed E-state index contributed by atoms with van der Waals surface area (Å²) < 4.78 is 0. The van der Waals surface area contributed by atoms with Crippen molar-refractivity contribution >= 4 is 0 Å². The molecule has 2 heteroatoms. The van der Waals surface area contributed by atoms with Gasteiger partial charge in [0.25, 0.3) is 0 Å². The molecule has 16 heavy (non-hydrogen) atoms. The molecule has 0 aliphatic heterocycles. The van der Waals surface area contributed by atoms with Gasteiger partial charge < -0.3 is 5.73 Å². The number of hydrogen-bond donors (Lipinski definition) is 1. The third kappa shape index (κ3) is 2.78. The Labute approximate surface area is 102 Å². The zero-order chi connectivity index (χ0) is 12.3. The quantitative estimate of drug-likeness (QED) is 0.798. The van der Waals surface area contributed by atoms with Crippen LogP contribution in [0.5, 0.6) is 0 Å². The van der Waals surface area contributed by atoms with E-state index in [1.165, 1.54) is 25.7 Å². The lowest BCUT2D eigenvalue weighted by molar-refractivity contribution is 0.0461. The van der Waals surface area contributed by atoms with Gasteiger partial charge in [0.05, 0.1) is 0 Å². The van der Waals surface area contributed by atoms with Gasteiger partial charge in [0, 0.05) is 18.1 Å². The van der Waals surface area contributed by atoms with Crippen LogP contribution in [0.4, 0.5) is 0 Å². The first kappa shape index (κ1) is 14.0. The summed E-state index contributed by atoms with van der Waals surface area (Å²) in [5.41, 5.74) is 6.79. The molecule has 0 amide bonds. The summed E-state index contributed by atoms with van der Waals surface area (Å²) in [6.45, 7) is 12.6. The Hall–Kier alpha value is -0.0800. The Morgan fingerprint density at radius 2 is 2.00 bits per heavy atom. The van der Waals surface area contributed by atoms with Crippen LogP contribution in [0.15, 0.2) is 0 Å². The number of likely N-dealkylation sites (N-methyl/N-ethyl adjacent to an activating group) is 1. The van der Waals surface area contributed by atoms with Crippen molar-refractivity contribution in [1.29, 1.82) is 0 Å². The van der Waals surface area contributed by atoms with Crippen LogP contribution in [0.1, 0.15) is 60.3 Å². The molecule has 2 nitrogen and oxygen atoms in total. The van der Waals surface area contributed by atoms with Crippen molar-refractivity contribution in [2.75, 3.05) is 6.54 Å². The molecule has 3 atom stereocenters. The highest BCUT2D eigenvalue weighted by molar-refractivity contribution is 4.96. The van der Waals surface area contributed by atoms with E-state index in [1.807, 2.05) is 0 Å². The maximum atomic E-state index is 6.48. The summed E-state index contributed by atoms with van der Waals surface area (Å²) in [6, 6.07) is 1.58. The molecular weight excluding hydrogens is 196 g/mol. The van der Waals surface area contributed by atoms with Crippen molar-refractivity contribution in [3.05, 3.63) is 0 Å².